The molecule has 3 rings (SSSR count). The third kappa shape index (κ3) is 3.74. The van der Waals surface area contributed by atoms with Crippen molar-refractivity contribution >= 4 is 50.7 Å². The lowest BCUT2D eigenvalue weighted by molar-refractivity contribution is 0.0695. The minimum Gasteiger partial charge on any atom is -0.331 e. The van der Waals surface area contributed by atoms with Crippen LogP contribution >= 0.6 is 34.5 Å². The van der Waals surface area contributed by atoms with Crippen molar-refractivity contribution < 1.29 is 4.79 Å². The number of aryl methyl sites for hydroxylation is 2. The van der Waals surface area contributed by atoms with Gasteiger partial charge in [-0.2, -0.15) is 0 Å². The number of carbonyl (C=O) groups excluding carboxylic acids is 1. The number of halogens is 2. The van der Waals surface area contributed by atoms with Gasteiger partial charge in [0, 0.05) is 19.6 Å². The topological polar surface area (TPSA) is 55.2 Å². The summed E-state index contributed by atoms with van der Waals surface area (Å²) in [6, 6.07) is 5.31. The summed E-state index contributed by atoms with van der Waals surface area (Å²) in [4.78, 5) is 32.9. The second-order valence-electron chi connectivity index (χ2n) is 6.67. The van der Waals surface area contributed by atoms with Crippen LogP contribution in [-0.4, -0.2) is 26.4 Å². The SMILES string of the molecule is Cc1c(C(=O)N(Cc2ccc(Cl)c(Cl)c2)C(C)C)sc2ncn(C)c(=O)c12. The zero-order chi connectivity index (χ0) is 19.9. The number of hydrogen-bond acceptors (Lipinski definition) is 4. The Bertz CT molecular complexity index is 1090. The standard InChI is InChI=1S/C19H19Cl2N3O2S/c1-10(2)24(8-12-5-6-13(20)14(21)7-12)19(26)16-11(3)15-17(27-16)22-9-23(4)18(15)25/h5-7,9-10H,8H2,1-4H3. The van der Waals surface area contributed by atoms with Gasteiger partial charge in [0.25, 0.3) is 11.5 Å². The minimum absolute atomic E-state index is 0.0349. The molecule has 0 radical (unpaired) electrons. The highest BCUT2D eigenvalue weighted by molar-refractivity contribution is 7.20. The van der Waals surface area contributed by atoms with Crippen LogP contribution in [0.4, 0.5) is 0 Å². The first-order valence-corrected chi connectivity index (χ1v) is 9.97. The summed E-state index contributed by atoms with van der Waals surface area (Å²) >= 11 is 13.3. The minimum atomic E-state index is -0.145. The molecule has 1 amide bonds. The molecule has 0 unspecified atom stereocenters. The van der Waals surface area contributed by atoms with Crippen LogP contribution in [0.1, 0.15) is 34.6 Å². The summed E-state index contributed by atoms with van der Waals surface area (Å²) in [6.45, 7) is 6.10. The van der Waals surface area contributed by atoms with Crippen molar-refractivity contribution in [3.63, 3.8) is 0 Å². The maximum Gasteiger partial charge on any atom is 0.264 e. The fraction of sp³-hybridized carbons (Fsp3) is 0.316. The predicted octanol–water partition coefficient (Wildman–Crippen LogP) is 4.66. The van der Waals surface area contributed by atoms with Crippen LogP contribution in [-0.2, 0) is 13.6 Å². The summed E-state index contributed by atoms with van der Waals surface area (Å²) < 4.78 is 1.42. The first-order valence-electron chi connectivity index (χ1n) is 8.40. The van der Waals surface area contributed by atoms with Gasteiger partial charge in [0.05, 0.1) is 26.6 Å². The molecule has 0 fully saturated rings. The average molecular weight is 424 g/mol. The van der Waals surface area contributed by atoms with E-state index in [1.54, 1.807) is 31.0 Å². The second kappa shape index (κ2) is 7.62. The summed E-state index contributed by atoms with van der Waals surface area (Å²) in [5, 5.41) is 1.44. The molecular weight excluding hydrogens is 405 g/mol. The lowest BCUT2D eigenvalue weighted by Crippen LogP contribution is -2.36. The number of nitrogens with zero attached hydrogens (tertiary/aromatic N) is 3. The number of hydrogen-bond donors (Lipinski definition) is 0. The zero-order valence-corrected chi connectivity index (χ0v) is 17.7. The van der Waals surface area contributed by atoms with Crippen molar-refractivity contribution in [3.8, 4) is 0 Å². The molecule has 5 nitrogen and oxygen atoms in total. The summed E-state index contributed by atoms with van der Waals surface area (Å²) in [7, 11) is 1.65. The van der Waals surface area contributed by atoms with Gasteiger partial charge in [-0.1, -0.05) is 29.3 Å². The van der Waals surface area contributed by atoms with Crippen LogP contribution < -0.4 is 5.56 Å². The van der Waals surface area contributed by atoms with Gasteiger partial charge in [0.15, 0.2) is 0 Å². The first kappa shape index (κ1) is 19.9. The third-order valence-electron chi connectivity index (χ3n) is 4.43. The van der Waals surface area contributed by atoms with Gasteiger partial charge in [-0.3, -0.25) is 9.59 Å². The number of amides is 1. The Morgan fingerprint density at radius 2 is 2.00 bits per heavy atom. The molecule has 0 aliphatic carbocycles. The smallest absolute Gasteiger partial charge is 0.264 e. The van der Waals surface area contributed by atoms with E-state index in [4.69, 9.17) is 23.2 Å². The highest BCUT2D eigenvalue weighted by Crippen LogP contribution is 2.29. The van der Waals surface area contributed by atoms with Crippen molar-refractivity contribution in [2.24, 2.45) is 7.05 Å². The van der Waals surface area contributed by atoms with Crippen molar-refractivity contribution in [3.05, 3.63) is 60.9 Å². The third-order valence-corrected chi connectivity index (χ3v) is 6.35. The molecule has 0 spiro atoms. The number of rotatable bonds is 4. The van der Waals surface area contributed by atoms with Crippen LogP contribution in [0.25, 0.3) is 10.2 Å². The number of fused-ring (bicyclic) bond motifs is 1. The van der Waals surface area contributed by atoms with Crippen LogP contribution in [0, 0.1) is 6.92 Å². The van der Waals surface area contributed by atoms with Gasteiger partial charge in [-0.15, -0.1) is 11.3 Å². The molecule has 0 atom stereocenters. The normalized spacial score (nSPS) is 11.4. The van der Waals surface area contributed by atoms with Gasteiger partial charge >= 0.3 is 0 Å². The van der Waals surface area contributed by atoms with Gasteiger partial charge in [0.2, 0.25) is 0 Å². The Morgan fingerprint density at radius 3 is 2.63 bits per heavy atom. The number of aromatic nitrogens is 2. The van der Waals surface area contributed by atoms with E-state index in [1.807, 2.05) is 19.9 Å². The Labute approximate surface area is 171 Å². The van der Waals surface area contributed by atoms with E-state index in [0.717, 1.165) is 5.56 Å². The van der Waals surface area contributed by atoms with Crippen molar-refractivity contribution in [1.29, 1.82) is 0 Å². The van der Waals surface area contributed by atoms with E-state index < -0.39 is 0 Å². The maximum atomic E-state index is 13.3. The Balaban J connectivity index is 2.01. The molecule has 0 aliphatic heterocycles. The molecule has 0 bridgehead atoms. The van der Waals surface area contributed by atoms with Crippen LogP contribution in [0.3, 0.4) is 0 Å². The molecule has 27 heavy (non-hydrogen) atoms. The van der Waals surface area contributed by atoms with Crippen LogP contribution in [0.15, 0.2) is 29.3 Å². The molecular formula is C19H19Cl2N3O2S. The van der Waals surface area contributed by atoms with E-state index in [-0.39, 0.29) is 17.5 Å². The molecule has 8 heteroatoms. The largest absolute Gasteiger partial charge is 0.331 e. The Morgan fingerprint density at radius 1 is 1.30 bits per heavy atom. The maximum absolute atomic E-state index is 13.3. The lowest BCUT2D eigenvalue weighted by Gasteiger charge is -2.27. The fourth-order valence-electron chi connectivity index (χ4n) is 2.87. The lowest BCUT2D eigenvalue weighted by atomic mass is 10.1. The van der Waals surface area contributed by atoms with Crippen molar-refractivity contribution in [1.82, 2.24) is 14.5 Å². The number of benzene rings is 1. The molecule has 0 saturated heterocycles. The molecule has 0 saturated carbocycles. The average Bonchev–Trinajstić information content (AvgIpc) is 2.95. The predicted molar refractivity (Wildman–Crippen MR) is 111 cm³/mol. The van der Waals surface area contributed by atoms with Crippen LogP contribution in [0.2, 0.25) is 10.0 Å². The molecule has 0 aliphatic rings. The van der Waals surface area contributed by atoms with Crippen molar-refractivity contribution in [2.75, 3.05) is 0 Å². The second-order valence-corrected chi connectivity index (χ2v) is 8.49. The quantitative estimate of drug-likeness (QED) is 0.612. The molecule has 1 aromatic carbocycles. The highest BCUT2D eigenvalue weighted by atomic mass is 35.5. The Kier molecular flexibility index (Phi) is 5.60. The molecule has 2 aromatic heterocycles. The van der Waals surface area contributed by atoms with E-state index in [0.29, 0.717) is 37.2 Å². The van der Waals surface area contributed by atoms with Gasteiger partial charge in [-0.05, 0) is 44.0 Å². The van der Waals surface area contributed by atoms with E-state index >= 15 is 0 Å². The molecule has 2 heterocycles. The van der Waals surface area contributed by atoms with Gasteiger partial charge in [-0.25, -0.2) is 4.98 Å². The fourth-order valence-corrected chi connectivity index (χ4v) is 4.28. The van der Waals surface area contributed by atoms with Gasteiger partial charge < -0.3 is 9.47 Å². The molecule has 3 aromatic rings. The first-order chi connectivity index (χ1) is 12.7. The zero-order valence-electron chi connectivity index (χ0n) is 15.4. The van der Waals surface area contributed by atoms with E-state index in [9.17, 15) is 9.59 Å². The van der Waals surface area contributed by atoms with Crippen molar-refractivity contribution in [2.45, 2.75) is 33.4 Å². The summed E-state index contributed by atoms with van der Waals surface area (Å²) in [6.07, 6.45) is 1.48. The summed E-state index contributed by atoms with van der Waals surface area (Å²) in [5.41, 5.74) is 1.42. The van der Waals surface area contributed by atoms with E-state index in [2.05, 4.69) is 4.98 Å². The molecule has 142 valence electrons. The Hall–Kier alpha value is -1.89. The summed E-state index contributed by atoms with van der Waals surface area (Å²) in [5.74, 6) is -0.126. The number of thiophene rings is 1. The van der Waals surface area contributed by atoms with Gasteiger partial charge in [0.1, 0.15) is 4.83 Å². The molecule has 0 N–H and O–H groups in total. The highest BCUT2D eigenvalue weighted by Gasteiger charge is 2.25. The monoisotopic (exact) mass is 423 g/mol. The van der Waals surface area contributed by atoms with E-state index in [1.165, 1.54) is 22.2 Å². The number of carbonyl (C=O) groups is 1. The van der Waals surface area contributed by atoms with Crippen LogP contribution in [0.5, 0.6) is 0 Å².